The van der Waals surface area contributed by atoms with Gasteiger partial charge in [0.1, 0.15) is 11.0 Å². The fourth-order valence-corrected chi connectivity index (χ4v) is 1.89. The Kier molecular flexibility index (Phi) is 4.41. The van der Waals surface area contributed by atoms with Gasteiger partial charge in [-0.05, 0) is 13.8 Å². The maximum absolute atomic E-state index is 11.2. The highest BCUT2D eigenvalue weighted by molar-refractivity contribution is 7.92. The quantitative estimate of drug-likeness (QED) is 0.619. The second-order valence-electron chi connectivity index (χ2n) is 2.61. The molecule has 0 aliphatic heterocycles. The summed E-state index contributed by atoms with van der Waals surface area (Å²) >= 11 is 0. The van der Waals surface area contributed by atoms with Crippen LogP contribution >= 0.6 is 0 Å². The lowest BCUT2D eigenvalue weighted by Gasteiger charge is -2.08. The van der Waals surface area contributed by atoms with Gasteiger partial charge in [-0.3, -0.25) is 4.79 Å². The van der Waals surface area contributed by atoms with Crippen molar-refractivity contribution in [2.24, 2.45) is 0 Å². The maximum Gasteiger partial charge on any atom is 0.162 e. The van der Waals surface area contributed by atoms with Crippen molar-refractivity contribution < 1.29 is 17.9 Å². The molecule has 0 aromatic carbocycles. The van der Waals surface area contributed by atoms with Crippen molar-refractivity contribution >= 4 is 15.6 Å². The minimum atomic E-state index is -3.30. The summed E-state index contributed by atoms with van der Waals surface area (Å²) in [6, 6.07) is 0. The summed E-state index contributed by atoms with van der Waals surface area (Å²) in [7, 11) is -1.87. The van der Waals surface area contributed by atoms with Gasteiger partial charge in [0, 0.05) is 7.11 Å². The van der Waals surface area contributed by atoms with Crippen LogP contribution in [0.4, 0.5) is 0 Å². The summed E-state index contributed by atoms with van der Waals surface area (Å²) in [5.74, 6) is -0.421. The Morgan fingerprint density at radius 2 is 2.00 bits per heavy atom. The molecule has 12 heavy (non-hydrogen) atoms. The van der Waals surface area contributed by atoms with Crippen molar-refractivity contribution in [2.75, 3.05) is 19.5 Å². The standard InChI is InChI=1S/C7H14O4S/c1-6(8)7(2)12(9,10)5-4-11-3/h7H,4-5H2,1-3H3. The molecule has 72 valence electrons. The van der Waals surface area contributed by atoms with Crippen molar-refractivity contribution in [2.45, 2.75) is 19.1 Å². The molecule has 0 heterocycles. The van der Waals surface area contributed by atoms with Gasteiger partial charge in [0.25, 0.3) is 0 Å². The first-order valence-electron chi connectivity index (χ1n) is 3.62. The van der Waals surface area contributed by atoms with Gasteiger partial charge in [-0.1, -0.05) is 0 Å². The number of carbonyl (C=O) groups excluding carboxylic acids is 1. The van der Waals surface area contributed by atoms with E-state index in [2.05, 4.69) is 4.74 Å². The lowest BCUT2D eigenvalue weighted by Crippen LogP contribution is -2.29. The number of ether oxygens (including phenoxy) is 1. The first-order valence-corrected chi connectivity index (χ1v) is 5.34. The third-order valence-corrected chi connectivity index (χ3v) is 3.83. The fraction of sp³-hybridized carbons (Fsp3) is 0.857. The molecule has 0 amide bonds. The zero-order valence-electron chi connectivity index (χ0n) is 7.53. The number of hydrogen-bond acceptors (Lipinski definition) is 4. The fourth-order valence-electron chi connectivity index (χ4n) is 0.629. The number of hydrogen-bond donors (Lipinski definition) is 0. The highest BCUT2D eigenvalue weighted by Gasteiger charge is 2.23. The average Bonchev–Trinajstić information content (AvgIpc) is 1.99. The third-order valence-electron chi connectivity index (χ3n) is 1.68. The molecule has 0 aliphatic carbocycles. The van der Waals surface area contributed by atoms with Crippen LogP contribution in [0.3, 0.4) is 0 Å². The van der Waals surface area contributed by atoms with E-state index in [1.165, 1.54) is 21.0 Å². The van der Waals surface area contributed by atoms with Gasteiger partial charge < -0.3 is 4.74 Å². The molecule has 1 unspecified atom stereocenters. The summed E-state index contributed by atoms with van der Waals surface area (Å²) in [5.41, 5.74) is 0. The molecule has 0 N–H and O–H groups in total. The minimum Gasteiger partial charge on any atom is -0.384 e. The summed E-state index contributed by atoms with van der Waals surface area (Å²) in [4.78, 5) is 10.7. The zero-order chi connectivity index (χ0) is 9.78. The van der Waals surface area contributed by atoms with Gasteiger partial charge in [0.2, 0.25) is 0 Å². The van der Waals surface area contributed by atoms with E-state index in [1.54, 1.807) is 0 Å². The largest absolute Gasteiger partial charge is 0.384 e. The molecule has 0 aliphatic rings. The van der Waals surface area contributed by atoms with E-state index in [-0.39, 0.29) is 18.1 Å². The molecule has 4 nitrogen and oxygen atoms in total. The first kappa shape index (κ1) is 11.6. The lowest BCUT2D eigenvalue weighted by molar-refractivity contribution is -0.116. The van der Waals surface area contributed by atoms with Gasteiger partial charge >= 0.3 is 0 Å². The van der Waals surface area contributed by atoms with Crippen molar-refractivity contribution in [3.8, 4) is 0 Å². The Labute approximate surface area is 72.8 Å². The van der Waals surface area contributed by atoms with E-state index in [4.69, 9.17) is 0 Å². The number of carbonyl (C=O) groups is 1. The van der Waals surface area contributed by atoms with Gasteiger partial charge in [-0.15, -0.1) is 0 Å². The van der Waals surface area contributed by atoms with Crippen molar-refractivity contribution in [1.82, 2.24) is 0 Å². The molecule has 0 radical (unpaired) electrons. The van der Waals surface area contributed by atoms with E-state index in [0.29, 0.717) is 0 Å². The molecule has 0 aromatic heterocycles. The minimum absolute atomic E-state index is 0.0930. The van der Waals surface area contributed by atoms with Crippen LogP contribution in [0.1, 0.15) is 13.8 Å². The van der Waals surface area contributed by atoms with E-state index >= 15 is 0 Å². The topological polar surface area (TPSA) is 60.4 Å². The van der Waals surface area contributed by atoms with Crippen LogP contribution in [-0.4, -0.2) is 38.9 Å². The number of sulfone groups is 1. The van der Waals surface area contributed by atoms with Gasteiger partial charge in [0.15, 0.2) is 9.84 Å². The number of rotatable bonds is 5. The highest BCUT2D eigenvalue weighted by Crippen LogP contribution is 2.02. The van der Waals surface area contributed by atoms with Crippen LogP contribution in [-0.2, 0) is 19.4 Å². The summed E-state index contributed by atoms with van der Waals surface area (Å²) < 4.78 is 27.1. The van der Waals surface area contributed by atoms with E-state index in [0.717, 1.165) is 0 Å². The molecule has 1 atom stereocenters. The van der Waals surface area contributed by atoms with Gasteiger partial charge in [-0.2, -0.15) is 0 Å². The number of methoxy groups -OCH3 is 1. The predicted octanol–water partition coefficient (Wildman–Crippen LogP) is 0.0251. The normalized spacial score (nSPS) is 14.2. The maximum atomic E-state index is 11.2. The molecule has 0 spiro atoms. The molecule has 0 saturated heterocycles. The summed E-state index contributed by atoms with van der Waals surface area (Å²) in [5, 5.41) is -0.910. The van der Waals surface area contributed by atoms with Crippen molar-refractivity contribution in [3.63, 3.8) is 0 Å². The van der Waals surface area contributed by atoms with Crippen LogP contribution in [0, 0.1) is 0 Å². The smallest absolute Gasteiger partial charge is 0.162 e. The molecule has 0 rings (SSSR count). The van der Waals surface area contributed by atoms with Crippen LogP contribution < -0.4 is 0 Å². The second kappa shape index (κ2) is 4.57. The first-order chi connectivity index (χ1) is 5.41. The number of ketones is 1. The Bertz CT molecular complexity index is 242. The Morgan fingerprint density at radius 3 is 2.33 bits per heavy atom. The van der Waals surface area contributed by atoms with Crippen LogP contribution in [0.5, 0.6) is 0 Å². The second-order valence-corrected chi connectivity index (χ2v) is 5.05. The highest BCUT2D eigenvalue weighted by atomic mass is 32.2. The molecule has 0 bridgehead atoms. The molecular weight excluding hydrogens is 180 g/mol. The molecule has 5 heteroatoms. The van der Waals surface area contributed by atoms with Gasteiger partial charge in [0.05, 0.1) is 12.4 Å². The van der Waals surface area contributed by atoms with Crippen LogP contribution in [0.15, 0.2) is 0 Å². The molecular formula is C7H14O4S. The molecule has 0 fully saturated rings. The monoisotopic (exact) mass is 194 g/mol. The molecule has 0 saturated carbocycles. The SMILES string of the molecule is COCCS(=O)(=O)C(C)C(C)=O. The predicted molar refractivity (Wildman–Crippen MR) is 45.8 cm³/mol. The van der Waals surface area contributed by atoms with Crippen LogP contribution in [0.2, 0.25) is 0 Å². The molecule has 0 aromatic rings. The third kappa shape index (κ3) is 3.32. The Morgan fingerprint density at radius 1 is 1.50 bits per heavy atom. The zero-order valence-corrected chi connectivity index (χ0v) is 8.35. The van der Waals surface area contributed by atoms with Crippen LogP contribution in [0.25, 0.3) is 0 Å². The van der Waals surface area contributed by atoms with E-state index < -0.39 is 15.1 Å². The average molecular weight is 194 g/mol. The van der Waals surface area contributed by atoms with Gasteiger partial charge in [-0.25, -0.2) is 8.42 Å². The summed E-state index contributed by atoms with van der Waals surface area (Å²) in [6.07, 6.45) is 0. The van der Waals surface area contributed by atoms with Crippen molar-refractivity contribution in [3.05, 3.63) is 0 Å². The number of Topliss-reactive ketones (excluding diaryl/α,β-unsaturated/α-hetero) is 1. The Hall–Kier alpha value is -0.420. The van der Waals surface area contributed by atoms with E-state index in [9.17, 15) is 13.2 Å². The summed E-state index contributed by atoms with van der Waals surface area (Å²) in [6.45, 7) is 2.81. The Balaban J connectivity index is 4.31. The lowest BCUT2D eigenvalue weighted by atomic mass is 10.3. The van der Waals surface area contributed by atoms with Crippen molar-refractivity contribution in [1.29, 1.82) is 0 Å². The van der Waals surface area contributed by atoms with E-state index in [1.807, 2.05) is 0 Å².